The number of sulfonamides is 1. The standard InChI is InChI=1S/C30H42N6O6S.ClH/c31-30(32)35-14-12-21(13-15-35)18-33-27(37)17-26(29(40)36(20-28(38)39)19-22-6-2-1-3-7-22)34-43(41,42)25-11-10-23-8-4-5-9-24(23)16-25;/h4-5,8-11,16,21-22,26,34H,1-3,6-7,12-15,17-20H2,(H3,31,32)(H,33,37)(H,38,39);1H/t26-;/m0./s1. The largest absolute Gasteiger partial charge is 0.480 e. The highest BCUT2D eigenvalue weighted by Crippen LogP contribution is 2.25. The van der Waals surface area contributed by atoms with Crippen LogP contribution in [0.5, 0.6) is 0 Å². The van der Waals surface area contributed by atoms with E-state index >= 15 is 0 Å². The summed E-state index contributed by atoms with van der Waals surface area (Å²) in [6.07, 6.45) is 5.77. The van der Waals surface area contributed by atoms with Crippen LogP contribution in [0, 0.1) is 17.2 Å². The van der Waals surface area contributed by atoms with E-state index in [1.165, 1.54) is 17.0 Å². The van der Waals surface area contributed by atoms with Crippen LogP contribution < -0.4 is 15.8 Å². The average Bonchev–Trinajstić information content (AvgIpc) is 2.99. The summed E-state index contributed by atoms with van der Waals surface area (Å²) in [5, 5.41) is 21.5. The Labute approximate surface area is 264 Å². The maximum Gasteiger partial charge on any atom is 0.323 e. The molecule has 0 unspecified atom stereocenters. The molecule has 2 aromatic rings. The molecule has 1 aliphatic heterocycles. The van der Waals surface area contributed by atoms with Gasteiger partial charge in [0.2, 0.25) is 21.8 Å². The maximum absolute atomic E-state index is 13.8. The van der Waals surface area contributed by atoms with Gasteiger partial charge in [0.15, 0.2) is 5.96 Å². The van der Waals surface area contributed by atoms with Crippen molar-refractivity contribution in [3.05, 3.63) is 42.5 Å². The average molecular weight is 651 g/mol. The molecule has 1 saturated heterocycles. The molecule has 6 N–H and O–H groups in total. The van der Waals surface area contributed by atoms with E-state index in [9.17, 15) is 27.9 Å². The third kappa shape index (κ3) is 9.80. The second-order valence-corrected chi connectivity index (χ2v) is 13.3. The summed E-state index contributed by atoms with van der Waals surface area (Å²) >= 11 is 0. The Kier molecular flexibility index (Phi) is 12.8. The Balaban J connectivity index is 0.00000529. The van der Waals surface area contributed by atoms with Gasteiger partial charge in [-0.2, -0.15) is 4.72 Å². The second kappa shape index (κ2) is 16.1. The number of carbonyl (C=O) groups excluding carboxylic acids is 2. The minimum absolute atomic E-state index is 0. The molecule has 1 aliphatic carbocycles. The zero-order chi connectivity index (χ0) is 31.0. The third-order valence-electron chi connectivity index (χ3n) is 8.40. The fourth-order valence-electron chi connectivity index (χ4n) is 5.96. The first-order valence-electron chi connectivity index (χ1n) is 14.9. The van der Waals surface area contributed by atoms with Crippen molar-refractivity contribution in [3.63, 3.8) is 0 Å². The molecule has 0 bridgehead atoms. The van der Waals surface area contributed by atoms with Crippen LogP contribution in [0.15, 0.2) is 47.4 Å². The fourth-order valence-corrected chi connectivity index (χ4v) is 7.18. The zero-order valence-corrected chi connectivity index (χ0v) is 26.4. The van der Waals surface area contributed by atoms with E-state index in [-0.39, 0.29) is 41.6 Å². The lowest BCUT2D eigenvalue weighted by atomic mass is 9.89. The van der Waals surface area contributed by atoms with Crippen LogP contribution >= 0.6 is 12.4 Å². The van der Waals surface area contributed by atoms with E-state index in [2.05, 4.69) is 10.0 Å². The molecule has 12 nitrogen and oxygen atoms in total. The van der Waals surface area contributed by atoms with Gasteiger partial charge in [0, 0.05) is 26.2 Å². The summed E-state index contributed by atoms with van der Waals surface area (Å²) in [6, 6.07) is 10.4. The first kappa shape index (κ1) is 35.1. The Morgan fingerprint density at radius 2 is 1.66 bits per heavy atom. The Bertz CT molecular complexity index is 1430. The number of piperidine rings is 1. The summed E-state index contributed by atoms with van der Waals surface area (Å²) < 4.78 is 29.5. The highest BCUT2D eigenvalue weighted by molar-refractivity contribution is 7.89. The molecular weight excluding hydrogens is 608 g/mol. The SMILES string of the molecule is Cl.N=C(N)N1CCC(CNC(=O)C[C@H](NS(=O)(=O)c2ccc3ccccc3c2)C(=O)N(CC(=O)O)CC2CCCCC2)CC1. The van der Waals surface area contributed by atoms with E-state index in [0.717, 1.165) is 50.3 Å². The Hall–Kier alpha value is -3.42. The van der Waals surface area contributed by atoms with Crippen LogP contribution in [0.4, 0.5) is 0 Å². The number of aliphatic carboxylic acids is 1. The van der Waals surface area contributed by atoms with Gasteiger partial charge < -0.3 is 26.0 Å². The highest BCUT2D eigenvalue weighted by atomic mass is 35.5. The smallest absolute Gasteiger partial charge is 0.323 e. The predicted molar refractivity (Wildman–Crippen MR) is 170 cm³/mol. The molecule has 44 heavy (non-hydrogen) atoms. The van der Waals surface area contributed by atoms with Crippen molar-refractivity contribution in [2.24, 2.45) is 17.6 Å². The molecule has 1 saturated carbocycles. The Morgan fingerprint density at radius 1 is 1.00 bits per heavy atom. The number of carboxylic acid groups (broad SMARTS) is 1. The van der Waals surface area contributed by atoms with Crippen LogP contribution in [-0.2, 0) is 24.4 Å². The fraction of sp³-hybridized carbons (Fsp3) is 0.533. The third-order valence-corrected chi connectivity index (χ3v) is 9.87. The maximum atomic E-state index is 13.8. The van der Waals surface area contributed by atoms with Gasteiger partial charge in [0.1, 0.15) is 12.6 Å². The first-order chi connectivity index (χ1) is 20.5. The molecule has 0 spiro atoms. The number of halogens is 1. The molecule has 2 fully saturated rings. The molecule has 2 aliphatic rings. The summed E-state index contributed by atoms with van der Waals surface area (Å²) in [7, 11) is -4.25. The van der Waals surface area contributed by atoms with Gasteiger partial charge >= 0.3 is 5.97 Å². The van der Waals surface area contributed by atoms with Crippen molar-refractivity contribution in [1.82, 2.24) is 19.8 Å². The Morgan fingerprint density at radius 3 is 2.30 bits per heavy atom. The number of nitrogens with two attached hydrogens (primary N) is 1. The quantitative estimate of drug-likeness (QED) is 0.171. The van der Waals surface area contributed by atoms with Crippen LogP contribution in [-0.4, -0.2) is 85.8 Å². The van der Waals surface area contributed by atoms with Gasteiger partial charge in [-0.3, -0.25) is 19.8 Å². The summed E-state index contributed by atoms with van der Waals surface area (Å²) in [6.45, 7) is 1.15. The van der Waals surface area contributed by atoms with Crippen LogP contribution in [0.25, 0.3) is 10.8 Å². The molecule has 4 rings (SSSR count). The van der Waals surface area contributed by atoms with Crippen LogP contribution in [0.1, 0.15) is 51.4 Å². The number of carboxylic acids is 1. The number of hydrogen-bond donors (Lipinski definition) is 5. The predicted octanol–water partition coefficient (Wildman–Crippen LogP) is 2.51. The minimum Gasteiger partial charge on any atom is -0.480 e. The van der Waals surface area contributed by atoms with E-state index in [1.807, 2.05) is 12.1 Å². The van der Waals surface area contributed by atoms with Crippen molar-refractivity contribution in [1.29, 1.82) is 5.41 Å². The summed E-state index contributed by atoms with van der Waals surface area (Å²) in [5.74, 6) is -2.17. The van der Waals surface area contributed by atoms with Gasteiger partial charge in [0.05, 0.1) is 11.3 Å². The molecule has 0 radical (unpaired) electrons. The van der Waals surface area contributed by atoms with Crippen molar-refractivity contribution in [2.75, 3.05) is 32.7 Å². The van der Waals surface area contributed by atoms with Crippen LogP contribution in [0.3, 0.4) is 0 Å². The highest BCUT2D eigenvalue weighted by Gasteiger charge is 2.34. The number of hydrogen-bond acceptors (Lipinski definition) is 6. The molecule has 1 heterocycles. The molecule has 2 aromatic carbocycles. The van der Waals surface area contributed by atoms with E-state index < -0.39 is 46.8 Å². The van der Waals surface area contributed by atoms with Crippen molar-refractivity contribution in [2.45, 2.75) is 62.3 Å². The second-order valence-electron chi connectivity index (χ2n) is 11.6. The molecule has 2 amide bonds. The van der Waals surface area contributed by atoms with E-state index in [1.54, 1.807) is 23.1 Å². The van der Waals surface area contributed by atoms with Crippen molar-refractivity contribution in [3.8, 4) is 0 Å². The number of amides is 2. The van der Waals surface area contributed by atoms with Gasteiger partial charge in [-0.05, 0) is 60.4 Å². The van der Waals surface area contributed by atoms with Gasteiger partial charge in [0.25, 0.3) is 0 Å². The number of benzene rings is 2. The van der Waals surface area contributed by atoms with Gasteiger partial charge in [-0.15, -0.1) is 12.4 Å². The number of carbonyl (C=O) groups is 3. The monoisotopic (exact) mass is 650 g/mol. The molecule has 242 valence electrons. The molecular formula is C30H43ClN6O6S. The topological polar surface area (TPSA) is 186 Å². The number of rotatable bonds is 12. The lowest BCUT2D eigenvalue weighted by molar-refractivity contribution is -0.146. The van der Waals surface area contributed by atoms with Crippen molar-refractivity contribution >= 4 is 56.9 Å². The zero-order valence-electron chi connectivity index (χ0n) is 24.7. The number of guanidine groups is 1. The first-order valence-corrected chi connectivity index (χ1v) is 16.4. The minimum atomic E-state index is -4.25. The van der Waals surface area contributed by atoms with E-state index in [0.29, 0.717) is 25.0 Å². The number of nitrogens with zero attached hydrogens (tertiary/aromatic N) is 2. The van der Waals surface area contributed by atoms with E-state index in [4.69, 9.17) is 11.1 Å². The number of nitrogens with one attached hydrogen (secondary N) is 3. The van der Waals surface area contributed by atoms with Gasteiger partial charge in [-0.1, -0.05) is 49.6 Å². The lowest BCUT2D eigenvalue weighted by Crippen LogP contribution is -2.53. The summed E-state index contributed by atoms with van der Waals surface area (Å²) in [4.78, 5) is 41.6. The number of likely N-dealkylation sites (tertiary alicyclic amines) is 1. The molecule has 0 aromatic heterocycles. The van der Waals surface area contributed by atoms with Crippen molar-refractivity contribution < 1.29 is 27.9 Å². The molecule has 14 heteroatoms. The summed E-state index contributed by atoms with van der Waals surface area (Å²) in [5.41, 5.74) is 5.56. The lowest BCUT2D eigenvalue weighted by Gasteiger charge is -2.32. The number of fused-ring (bicyclic) bond motifs is 1. The normalized spacial score (nSPS) is 17.0. The van der Waals surface area contributed by atoms with Crippen LogP contribution in [0.2, 0.25) is 0 Å². The van der Waals surface area contributed by atoms with Gasteiger partial charge in [-0.25, -0.2) is 8.42 Å². The molecule has 1 atom stereocenters.